The first-order valence-corrected chi connectivity index (χ1v) is 8.61. The van der Waals surface area contributed by atoms with Gasteiger partial charge in [-0.1, -0.05) is 42.5 Å². The molecule has 0 aliphatic carbocycles. The van der Waals surface area contributed by atoms with E-state index in [-0.39, 0.29) is 0 Å². The van der Waals surface area contributed by atoms with Crippen molar-refractivity contribution < 1.29 is 0 Å². The van der Waals surface area contributed by atoms with Gasteiger partial charge in [0.2, 0.25) is 5.96 Å². The summed E-state index contributed by atoms with van der Waals surface area (Å²) in [6.45, 7) is 0. The first kappa shape index (κ1) is 15.4. The van der Waals surface area contributed by atoms with Gasteiger partial charge in [0.15, 0.2) is 0 Å². The van der Waals surface area contributed by atoms with Crippen LogP contribution >= 0.6 is 11.8 Å². The third-order valence-electron chi connectivity index (χ3n) is 3.77. The molecule has 0 saturated carbocycles. The summed E-state index contributed by atoms with van der Waals surface area (Å²) >= 11 is 1.69. The smallest absolute Gasteiger partial charge is 0.200 e. The number of hydrogen-bond acceptors (Lipinski definition) is 2. The highest BCUT2D eigenvalue weighted by molar-refractivity contribution is 7.98. The number of anilines is 1. The summed E-state index contributed by atoms with van der Waals surface area (Å²) in [5, 5.41) is 2.35. The van der Waals surface area contributed by atoms with E-state index in [0.29, 0.717) is 5.96 Å². The van der Waals surface area contributed by atoms with Gasteiger partial charge in [-0.15, -0.1) is 11.8 Å². The second-order valence-corrected chi connectivity index (χ2v) is 6.11. The van der Waals surface area contributed by atoms with E-state index in [4.69, 9.17) is 5.73 Å². The Bertz CT molecular complexity index is 853. The molecule has 0 amide bonds. The Morgan fingerprint density at radius 1 is 1.00 bits per heavy atom. The molecule has 0 spiro atoms. The molecule has 3 rings (SSSR count). The van der Waals surface area contributed by atoms with Gasteiger partial charge in [0.05, 0.1) is 11.4 Å². The van der Waals surface area contributed by atoms with Crippen LogP contribution < -0.4 is 10.6 Å². The van der Waals surface area contributed by atoms with Crippen molar-refractivity contribution in [3.63, 3.8) is 0 Å². The van der Waals surface area contributed by atoms with E-state index in [0.717, 1.165) is 16.8 Å². The van der Waals surface area contributed by atoms with E-state index >= 15 is 0 Å². The van der Waals surface area contributed by atoms with Crippen molar-refractivity contribution in [1.82, 2.24) is 0 Å². The predicted octanol–water partition coefficient (Wildman–Crippen LogP) is 4.64. The highest BCUT2D eigenvalue weighted by Gasteiger charge is 2.09. The Kier molecular flexibility index (Phi) is 4.53. The highest BCUT2D eigenvalue weighted by atomic mass is 32.2. The van der Waals surface area contributed by atoms with E-state index in [9.17, 15) is 0 Å². The number of guanidine groups is 1. The molecule has 0 saturated heterocycles. The fourth-order valence-corrected chi connectivity index (χ4v) is 2.96. The summed E-state index contributed by atoms with van der Waals surface area (Å²) < 4.78 is 0. The fourth-order valence-electron chi connectivity index (χ4n) is 2.51. The monoisotopic (exact) mass is 321 g/mol. The molecule has 0 aliphatic rings. The number of aliphatic imine (C=N–C) groups is 1. The Morgan fingerprint density at radius 3 is 2.57 bits per heavy atom. The van der Waals surface area contributed by atoms with Crippen LogP contribution in [-0.4, -0.2) is 19.3 Å². The standard InChI is InChI=1S/C19H19N3S/c1-22(18-12-5-8-14-7-3-4-11-17(14)18)19(20)21-15-9-6-10-16(13-15)23-2/h3-13H,1-2H3,(H2,20,21). The van der Waals surface area contributed by atoms with Crippen molar-refractivity contribution >= 4 is 39.9 Å². The van der Waals surface area contributed by atoms with E-state index in [1.165, 1.54) is 10.3 Å². The minimum atomic E-state index is 0.472. The maximum absolute atomic E-state index is 6.23. The van der Waals surface area contributed by atoms with Crippen LogP contribution in [0.2, 0.25) is 0 Å². The van der Waals surface area contributed by atoms with Crippen LogP contribution in [-0.2, 0) is 0 Å². The molecule has 23 heavy (non-hydrogen) atoms. The van der Waals surface area contributed by atoms with Crippen molar-refractivity contribution in [3.05, 3.63) is 66.7 Å². The van der Waals surface area contributed by atoms with Crippen LogP contribution in [0.1, 0.15) is 0 Å². The van der Waals surface area contributed by atoms with Crippen molar-refractivity contribution in [1.29, 1.82) is 0 Å². The molecule has 3 nitrogen and oxygen atoms in total. The third-order valence-corrected chi connectivity index (χ3v) is 4.49. The number of nitrogens with two attached hydrogens (primary N) is 1. The van der Waals surface area contributed by atoms with Gasteiger partial charge in [0.25, 0.3) is 0 Å². The maximum atomic E-state index is 6.23. The average molecular weight is 321 g/mol. The summed E-state index contributed by atoms with van der Waals surface area (Å²) in [6, 6.07) is 22.5. The summed E-state index contributed by atoms with van der Waals surface area (Å²) in [7, 11) is 1.94. The van der Waals surface area contributed by atoms with E-state index in [1.54, 1.807) is 11.8 Å². The van der Waals surface area contributed by atoms with Crippen molar-refractivity contribution in [3.8, 4) is 0 Å². The molecule has 0 fully saturated rings. The molecule has 0 aromatic heterocycles. The molecule has 3 aromatic carbocycles. The van der Waals surface area contributed by atoms with Gasteiger partial charge < -0.3 is 10.6 Å². The highest BCUT2D eigenvalue weighted by Crippen LogP contribution is 2.26. The Labute approximate surface area is 140 Å². The molecule has 0 radical (unpaired) electrons. The van der Waals surface area contributed by atoms with Crippen LogP contribution in [0.4, 0.5) is 11.4 Å². The van der Waals surface area contributed by atoms with Gasteiger partial charge in [0.1, 0.15) is 0 Å². The van der Waals surface area contributed by atoms with Gasteiger partial charge in [-0.2, -0.15) is 0 Å². The zero-order valence-electron chi connectivity index (χ0n) is 13.2. The Morgan fingerprint density at radius 2 is 1.74 bits per heavy atom. The number of hydrogen-bond donors (Lipinski definition) is 1. The average Bonchev–Trinajstić information content (AvgIpc) is 2.60. The molecule has 0 unspecified atom stereocenters. The third kappa shape index (κ3) is 3.32. The van der Waals surface area contributed by atoms with Crippen molar-refractivity contribution in [2.24, 2.45) is 10.7 Å². The van der Waals surface area contributed by atoms with Gasteiger partial charge in [0, 0.05) is 17.3 Å². The maximum Gasteiger partial charge on any atom is 0.200 e. The van der Waals surface area contributed by atoms with Crippen LogP contribution in [0.25, 0.3) is 10.8 Å². The van der Waals surface area contributed by atoms with Crippen LogP contribution in [0.5, 0.6) is 0 Å². The largest absolute Gasteiger partial charge is 0.369 e. The molecule has 0 bridgehead atoms. The van der Waals surface area contributed by atoms with Crippen LogP contribution in [0, 0.1) is 0 Å². The number of fused-ring (bicyclic) bond motifs is 1. The minimum absolute atomic E-state index is 0.472. The normalized spacial score (nSPS) is 11.7. The Hall–Kier alpha value is -2.46. The molecular formula is C19H19N3S. The number of nitrogens with zero attached hydrogens (tertiary/aromatic N) is 2. The van der Waals surface area contributed by atoms with E-state index < -0.39 is 0 Å². The van der Waals surface area contributed by atoms with Crippen LogP contribution in [0.3, 0.4) is 0 Å². The zero-order valence-corrected chi connectivity index (χ0v) is 14.0. The summed E-state index contributed by atoms with van der Waals surface area (Å²) in [6.07, 6.45) is 2.05. The lowest BCUT2D eigenvalue weighted by molar-refractivity contribution is 1.23. The first-order chi connectivity index (χ1) is 11.2. The van der Waals surface area contributed by atoms with Gasteiger partial charge in [-0.05, 0) is 35.9 Å². The fraction of sp³-hybridized carbons (Fsp3) is 0.105. The number of rotatable bonds is 3. The minimum Gasteiger partial charge on any atom is -0.369 e. The molecule has 2 N–H and O–H groups in total. The lowest BCUT2D eigenvalue weighted by atomic mass is 10.1. The van der Waals surface area contributed by atoms with Crippen molar-refractivity contribution in [2.45, 2.75) is 4.90 Å². The molecule has 4 heteroatoms. The number of thioether (sulfide) groups is 1. The van der Waals surface area contributed by atoms with Gasteiger partial charge in [-0.25, -0.2) is 4.99 Å². The summed E-state index contributed by atoms with van der Waals surface area (Å²) in [5.74, 6) is 0.472. The lowest BCUT2D eigenvalue weighted by Crippen LogP contribution is -2.33. The summed E-state index contributed by atoms with van der Waals surface area (Å²) in [4.78, 5) is 7.66. The zero-order chi connectivity index (χ0) is 16.2. The van der Waals surface area contributed by atoms with Crippen molar-refractivity contribution in [2.75, 3.05) is 18.2 Å². The molecular weight excluding hydrogens is 302 g/mol. The quantitative estimate of drug-likeness (QED) is 0.434. The number of benzene rings is 3. The topological polar surface area (TPSA) is 41.6 Å². The predicted molar refractivity (Wildman–Crippen MR) is 102 cm³/mol. The second kappa shape index (κ2) is 6.75. The lowest BCUT2D eigenvalue weighted by Gasteiger charge is -2.20. The molecule has 3 aromatic rings. The SMILES string of the molecule is CSc1cccc(N=C(N)N(C)c2cccc3ccccc23)c1. The Balaban J connectivity index is 1.97. The van der Waals surface area contributed by atoms with Gasteiger partial charge >= 0.3 is 0 Å². The molecule has 0 atom stereocenters. The van der Waals surface area contributed by atoms with Gasteiger partial charge in [-0.3, -0.25) is 0 Å². The summed E-state index contributed by atoms with van der Waals surface area (Å²) in [5.41, 5.74) is 8.14. The van der Waals surface area contributed by atoms with Crippen LogP contribution in [0.15, 0.2) is 76.6 Å². The first-order valence-electron chi connectivity index (χ1n) is 7.39. The van der Waals surface area contributed by atoms with E-state index in [2.05, 4.69) is 41.6 Å². The molecule has 0 heterocycles. The molecule has 0 aliphatic heterocycles. The van der Waals surface area contributed by atoms with E-state index in [1.807, 2.05) is 48.3 Å². The molecule has 116 valence electrons. The second-order valence-electron chi connectivity index (χ2n) is 5.23.